The molecule has 0 atom stereocenters. The first-order chi connectivity index (χ1) is 14.8. The van der Waals surface area contributed by atoms with Gasteiger partial charge in [-0.3, -0.25) is 24.6 Å². The standard InChI is InChI=1S/C23H22FN3O4/c1-15-10-12-25(13-11-15)21-20(17-4-8-19(9-5-17)27(30)31)22(28)26(23(21)29)14-16-2-6-18(24)7-3-16/h2-9,15H,10-14H2,1H3. The molecule has 7 nitrogen and oxygen atoms in total. The minimum absolute atomic E-state index is 0.0299. The van der Waals surface area contributed by atoms with Gasteiger partial charge in [-0.1, -0.05) is 19.1 Å². The lowest BCUT2D eigenvalue weighted by molar-refractivity contribution is -0.384. The van der Waals surface area contributed by atoms with Crippen molar-refractivity contribution in [2.75, 3.05) is 13.1 Å². The molecule has 0 bridgehead atoms. The third-order valence-corrected chi connectivity index (χ3v) is 5.86. The number of rotatable bonds is 5. The smallest absolute Gasteiger partial charge is 0.278 e. The van der Waals surface area contributed by atoms with Crippen molar-refractivity contribution in [1.82, 2.24) is 9.80 Å². The molecule has 0 aromatic heterocycles. The predicted octanol–water partition coefficient (Wildman–Crippen LogP) is 3.75. The van der Waals surface area contributed by atoms with E-state index < -0.39 is 22.6 Å². The van der Waals surface area contributed by atoms with Crippen LogP contribution in [0.1, 0.15) is 30.9 Å². The summed E-state index contributed by atoms with van der Waals surface area (Å²) in [5.41, 5.74) is 1.63. The molecule has 0 saturated carbocycles. The number of benzene rings is 2. The Kier molecular flexibility index (Phi) is 5.54. The third-order valence-electron chi connectivity index (χ3n) is 5.86. The third kappa shape index (κ3) is 4.05. The number of carbonyl (C=O) groups is 2. The topological polar surface area (TPSA) is 83.8 Å². The Labute approximate surface area is 178 Å². The van der Waals surface area contributed by atoms with E-state index in [0.29, 0.717) is 35.8 Å². The van der Waals surface area contributed by atoms with E-state index in [1.54, 1.807) is 12.1 Å². The van der Waals surface area contributed by atoms with Crippen molar-refractivity contribution in [2.24, 2.45) is 5.92 Å². The summed E-state index contributed by atoms with van der Waals surface area (Å²) in [5.74, 6) is -0.688. The zero-order valence-corrected chi connectivity index (χ0v) is 17.1. The molecule has 0 N–H and O–H groups in total. The summed E-state index contributed by atoms with van der Waals surface area (Å²) in [6.45, 7) is 3.51. The Balaban J connectivity index is 1.71. The SMILES string of the molecule is CC1CCN(C2=C(c3ccc([N+](=O)[O-])cc3)C(=O)N(Cc3ccc(F)cc3)C2=O)CC1. The number of halogens is 1. The van der Waals surface area contributed by atoms with E-state index in [1.807, 2.05) is 4.90 Å². The Morgan fingerprint density at radius 3 is 2.19 bits per heavy atom. The number of carbonyl (C=O) groups excluding carboxylic acids is 2. The van der Waals surface area contributed by atoms with Crippen LogP contribution < -0.4 is 0 Å². The van der Waals surface area contributed by atoms with Crippen molar-refractivity contribution in [2.45, 2.75) is 26.3 Å². The summed E-state index contributed by atoms with van der Waals surface area (Å²) in [5, 5.41) is 11.0. The van der Waals surface area contributed by atoms with Crippen LogP contribution in [-0.2, 0) is 16.1 Å². The largest absolute Gasteiger partial charge is 0.366 e. The van der Waals surface area contributed by atoms with Gasteiger partial charge in [0, 0.05) is 25.2 Å². The van der Waals surface area contributed by atoms with Crippen LogP contribution in [0.5, 0.6) is 0 Å². The minimum atomic E-state index is -0.506. The number of likely N-dealkylation sites (tertiary alicyclic amines) is 1. The van der Waals surface area contributed by atoms with Gasteiger partial charge in [0.25, 0.3) is 17.5 Å². The van der Waals surface area contributed by atoms with E-state index in [2.05, 4.69) is 6.92 Å². The molecule has 2 aliphatic rings. The highest BCUT2D eigenvalue weighted by Crippen LogP contribution is 2.35. The number of nitro groups is 1. The lowest BCUT2D eigenvalue weighted by Crippen LogP contribution is -2.38. The monoisotopic (exact) mass is 423 g/mol. The first-order valence-electron chi connectivity index (χ1n) is 10.2. The van der Waals surface area contributed by atoms with Gasteiger partial charge in [-0.15, -0.1) is 0 Å². The summed E-state index contributed by atoms with van der Waals surface area (Å²) in [6.07, 6.45) is 1.83. The molecule has 2 aromatic carbocycles. The van der Waals surface area contributed by atoms with Crippen LogP contribution in [0.4, 0.5) is 10.1 Å². The molecular formula is C23H22FN3O4. The number of nitrogens with zero attached hydrogens (tertiary/aromatic N) is 3. The number of non-ortho nitro benzene ring substituents is 1. The molecule has 0 radical (unpaired) electrons. The predicted molar refractivity (Wildman–Crippen MR) is 112 cm³/mol. The van der Waals surface area contributed by atoms with Gasteiger partial charge in [0.05, 0.1) is 17.0 Å². The molecule has 4 rings (SSSR count). The van der Waals surface area contributed by atoms with Crippen molar-refractivity contribution >= 4 is 23.1 Å². The van der Waals surface area contributed by atoms with Crippen LogP contribution in [0.15, 0.2) is 54.2 Å². The van der Waals surface area contributed by atoms with Crippen LogP contribution >= 0.6 is 0 Å². The molecule has 2 amide bonds. The van der Waals surface area contributed by atoms with E-state index in [4.69, 9.17) is 0 Å². The normalized spacial score (nSPS) is 17.6. The van der Waals surface area contributed by atoms with Gasteiger partial charge in [-0.25, -0.2) is 4.39 Å². The van der Waals surface area contributed by atoms with Gasteiger partial charge < -0.3 is 4.90 Å². The van der Waals surface area contributed by atoms with E-state index in [9.17, 15) is 24.1 Å². The number of hydrogen-bond donors (Lipinski definition) is 0. The van der Waals surface area contributed by atoms with Crippen LogP contribution in [-0.4, -0.2) is 39.6 Å². The van der Waals surface area contributed by atoms with Crippen molar-refractivity contribution < 1.29 is 18.9 Å². The van der Waals surface area contributed by atoms with Crippen LogP contribution in [0, 0.1) is 21.8 Å². The maximum atomic E-state index is 13.4. The lowest BCUT2D eigenvalue weighted by Gasteiger charge is -2.32. The van der Waals surface area contributed by atoms with Crippen LogP contribution in [0.3, 0.4) is 0 Å². The highest BCUT2D eigenvalue weighted by Gasteiger charge is 2.42. The van der Waals surface area contributed by atoms with Gasteiger partial charge in [0.15, 0.2) is 0 Å². The van der Waals surface area contributed by atoms with Crippen molar-refractivity contribution in [3.05, 3.63) is 81.3 Å². The summed E-state index contributed by atoms with van der Waals surface area (Å²) in [7, 11) is 0. The molecule has 1 fully saturated rings. The van der Waals surface area contributed by atoms with E-state index in [0.717, 1.165) is 17.7 Å². The maximum Gasteiger partial charge on any atom is 0.278 e. The molecule has 2 aromatic rings. The van der Waals surface area contributed by atoms with Gasteiger partial charge in [0.2, 0.25) is 0 Å². The van der Waals surface area contributed by atoms with Gasteiger partial charge in [-0.2, -0.15) is 0 Å². The number of hydrogen-bond acceptors (Lipinski definition) is 5. The van der Waals surface area contributed by atoms with Crippen molar-refractivity contribution in [3.8, 4) is 0 Å². The Morgan fingerprint density at radius 2 is 1.61 bits per heavy atom. The fourth-order valence-electron chi connectivity index (χ4n) is 4.01. The fourth-order valence-corrected chi connectivity index (χ4v) is 4.01. The highest BCUT2D eigenvalue weighted by atomic mass is 19.1. The molecular weight excluding hydrogens is 401 g/mol. The Bertz CT molecular complexity index is 1060. The maximum absolute atomic E-state index is 13.4. The zero-order chi connectivity index (χ0) is 22.1. The molecule has 0 unspecified atom stereocenters. The molecule has 8 heteroatoms. The van der Waals surface area contributed by atoms with Gasteiger partial charge in [-0.05, 0) is 54.2 Å². The summed E-state index contributed by atoms with van der Waals surface area (Å²) >= 11 is 0. The van der Waals surface area contributed by atoms with Crippen molar-refractivity contribution in [3.63, 3.8) is 0 Å². The number of nitro benzene ring substituents is 1. The van der Waals surface area contributed by atoms with E-state index in [1.165, 1.54) is 36.4 Å². The molecule has 1 saturated heterocycles. The average Bonchev–Trinajstić information content (AvgIpc) is 3.00. The quantitative estimate of drug-likeness (QED) is 0.416. The number of amides is 2. The first-order valence-corrected chi connectivity index (χ1v) is 10.2. The molecule has 0 spiro atoms. The number of imide groups is 1. The second-order valence-electron chi connectivity index (χ2n) is 8.02. The molecule has 31 heavy (non-hydrogen) atoms. The van der Waals surface area contributed by atoms with Gasteiger partial charge >= 0.3 is 0 Å². The number of piperidine rings is 1. The molecule has 0 aliphatic carbocycles. The zero-order valence-electron chi connectivity index (χ0n) is 17.1. The molecule has 160 valence electrons. The Hall–Kier alpha value is -3.55. The molecule has 2 heterocycles. The van der Waals surface area contributed by atoms with Gasteiger partial charge in [0.1, 0.15) is 11.5 Å². The average molecular weight is 423 g/mol. The Morgan fingerprint density at radius 1 is 1.00 bits per heavy atom. The lowest BCUT2D eigenvalue weighted by atomic mass is 9.97. The minimum Gasteiger partial charge on any atom is -0.366 e. The second kappa shape index (κ2) is 8.29. The van der Waals surface area contributed by atoms with Crippen molar-refractivity contribution in [1.29, 1.82) is 0 Å². The first kappa shape index (κ1) is 20.7. The summed E-state index contributed by atoms with van der Waals surface area (Å²) in [6, 6.07) is 11.3. The van der Waals surface area contributed by atoms with Crippen LogP contribution in [0.25, 0.3) is 5.57 Å². The fraction of sp³-hybridized carbons (Fsp3) is 0.304. The highest BCUT2D eigenvalue weighted by molar-refractivity contribution is 6.35. The van der Waals surface area contributed by atoms with E-state index in [-0.39, 0.29) is 17.8 Å². The molecule has 2 aliphatic heterocycles. The van der Waals surface area contributed by atoms with E-state index >= 15 is 0 Å². The summed E-state index contributed by atoms with van der Waals surface area (Å²) < 4.78 is 13.3. The second-order valence-corrected chi connectivity index (χ2v) is 8.02. The summed E-state index contributed by atoms with van der Waals surface area (Å²) in [4.78, 5) is 40.3. The van der Waals surface area contributed by atoms with Crippen LogP contribution in [0.2, 0.25) is 0 Å².